The normalized spacial score (nSPS) is 17.5. The van der Waals surface area contributed by atoms with Gasteiger partial charge in [-0.05, 0) is 68.7 Å². The molecular formula is C25H40N2. The van der Waals surface area contributed by atoms with Crippen LogP contribution in [0.5, 0.6) is 0 Å². The summed E-state index contributed by atoms with van der Waals surface area (Å²) in [5.41, 5.74) is 6.27. The first kappa shape index (κ1) is 24.9. The van der Waals surface area contributed by atoms with Crippen molar-refractivity contribution in [2.24, 2.45) is 4.99 Å². The lowest BCUT2D eigenvalue weighted by Gasteiger charge is -2.31. The molecule has 2 nitrogen and oxygen atoms in total. The Labute approximate surface area is 168 Å². The van der Waals surface area contributed by atoms with E-state index in [4.69, 9.17) is 0 Å². The van der Waals surface area contributed by atoms with Crippen molar-refractivity contribution in [3.05, 3.63) is 72.2 Å². The fourth-order valence-corrected chi connectivity index (χ4v) is 3.28. The van der Waals surface area contributed by atoms with Crippen LogP contribution in [-0.4, -0.2) is 23.7 Å². The minimum Gasteiger partial charge on any atom is -0.375 e. The molecule has 0 spiro atoms. The molecule has 2 heteroatoms. The SMILES string of the molecule is C.C=C\C=C/C=C(CC)/C(=C/C(=NC=C)/C(C)=C(\C)N1CCCCC1)CC. The second-order valence-electron chi connectivity index (χ2n) is 6.64. The lowest BCUT2D eigenvalue weighted by Crippen LogP contribution is -2.29. The first-order valence-electron chi connectivity index (χ1n) is 9.89. The van der Waals surface area contributed by atoms with Gasteiger partial charge in [0.1, 0.15) is 0 Å². The molecule has 27 heavy (non-hydrogen) atoms. The first-order chi connectivity index (χ1) is 12.6. The van der Waals surface area contributed by atoms with Crippen LogP contribution >= 0.6 is 0 Å². The summed E-state index contributed by atoms with van der Waals surface area (Å²) in [6, 6.07) is 0. The van der Waals surface area contributed by atoms with E-state index in [0.717, 1.165) is 31.6 Å². The summed E-state index contributed by atoms with van der Waals surface area (Å²) in [5.74, 6) is 0. The third-order valence-electron chi connectivity index (χ3n) is 5.02. The minimum atomic E-state index is 0. The van der Waals surface area contributed by atoms with E-state index in [-0.39, 0.29) is 7.43 Å². The van der Waals surface area contributed by atoms with E-state index in [1.807, 2.05) is 6.08 Å². The van der Waals surface area contributed by atoms with Crippen molar-refractivity contribution in [1.82, 2.24) is 4.90 Å². The van der Waals surface area contributed by atoms with Crippen molar-refractivity contribution in [2.45, 2.75) is 67.2 Å². The number of likely N-dealkylation sites (tertiary alicyclic amines) is 1. The van der Waals surface area contributed by atoms with Crippen LogP contribution in [0.25, 0.3) is 0 Å². The summed E-state index contributed by atoms with van der Waals surface area (Å²) in [6.07, 6.45) is 17.8. The molecule has 0 aromatic rings. The number of allylic oxidation sites excluding steroid dienone is 9. The Morgan fingerprint density at radius 1 is 0.963 bits per heavy atom. The topological polar surface area (TPSA) is 15.6 Å². The van der Waals surface area contributed by atoms with Crippen LogP contribution < -0.4 is 0 Å². The quantitative estimate of drug-likeness (QED) is 0.306. The summed E-state index contributed by atoms with van der Waals surface area (Å²) in [7, 11) is 0. The molecule has 1 aliphatic heterocycles. The second-order valence-corrected chi connectivity index (χ2v) is 6.64. The van der Waals surface area contributed by atoms with Crippen molar-refractivity contribution < 1.29 is 0 Å². The van der Waals surface area contributed by atoms with E-state index in [2.05, 4.69) is 69.0 Å². The lowest BCUT2D eigenvalue weighted by molar-refractivity contribution is 0.284. The molecule has 1 aliphatic rings. The summed E-state index contributed by atoms with van der Waals surface area (Å²) < 4.78 is 0. The molecule has 1 saturated heterocycles. The highest BCUT2D eigenvalue weighted by Gasteiger charge is 2.14. The predicted molar refractivity (Wildman–Crippen MR) is 124 cm³/mol. The Hall–Kier alpha value is -2.09. The van der Waals surface area contributed by atoms with E-state index in [9.17, 15) is 0 Å². The van der Waals surface area contributed by atoms with Crippen molar-refractivity contribution in [2.75, 3.05) is 13.1 Å². The molecule has 1 rings (SSSR count). The molecule has 0 N–H and O–H groups in total. The van der Waals surface area contributed by atoms with Crippen LogP contribution in [0.2, 0.25) is 0 Å². The van der Waals surface area contributed by atoms with Crippen LogP contribution in [0.15, 0.2) is 77.1 Å². The molecule has 1 fully saturated rings. The standard InChI is InChI=1S/C24H36N2.CH4/c1-7-11-13-16-22(8-2)23(9-3)19-24(25-10-4)20(5)21(6)26-17-14-12-15-18-26;/h7,10-11,13,16,19H,1,4,8-9,12,14-15,17-18H2,2-3,5-6H3;1H4/b13-11-,21-20+,22-16+,23-19+,25-24?;. The minimum absolute atomic E-state index is 0. The summed E-state index contributed by atoms with van der Waals surface area (Å²) in [6.45, 7) is 18.7. The number of rotatable bonds is 9. The van der Waals surface area contributed by atoms with Gasteiger partial charge in [-0.2, -0.15) is 0 Å². The number of piperidine rings is 1. The van der Waals surface area contributed by atoms with Crippen LogP contribution in [0.1, 0.15) is 67.2 Å². The summed E-state index contributed by atoms with van der Waals surface area (Å²) in [5, 5.41) is 0. The fourth-order valence-electron chi connectivity index (χ4n) is 3.28. The zero-order valence-electron chi connectivity index (χ0n) is 17.2. The third-order valence-corrected chi connectivity index (χ3v) is 5.02. The molecule has 150 valence electrons. The largest absolute Gasteiger partial charge is 0.375 e. The van der Waals surface area contributed by atoms with Gasteiger partial charge < -0.3 is 4.90 Å². The molecule has 1 heterocycles. The van der Waals surface area contributed by atoms with Gasteiger partial charge in [-0.1, -0.05) is 58.7 Å². The number of nitrogens with zero attached hydrogens (tertiary/aromatic N) is 2. The summed E-state index contributed by atoms with van der Waals surface area (Å²) >= 11 is 0. The number of hydrogen-bond donors (Lipinski definition) is 0. The molecule has 0 amide bonds. The number of hydrogen-bond acceptors (Lipinski definition) is 2. The van der Waals surface area contributed by atoms with E-state index in [1.165, 1.54) is 41.7 Å². The van der Waals surface area contributed by atoms with Gasteiger partial charge in [0.2, 0.25) is 0 Å². The monoisotopic (exact) mass is 368 g/mol. The third kappa shape index (κ3) is 7.99. The molecule has 0 bridgehead atoms. The van der Waals surface area contributed by atoms with E-state index < -0.39 is 0 Å². The average molecular weight is 369 g/mol. The molecule has 0 aliphatic carbocycles. The van der Waals surface area contributed by atoms with E-state index >= 15 is 0 Å². The van der Waals surface area contributed by atoms with Crippen LogP contribution in [-0.2, 0) is 0 Å². The number of aliphatic imine (C=N–C) groups is 1. The van der Waals surface area contributed by atoms with Crippen molar-refractivity contribution in [3.8, 4) is 0 Å². The Balaban J connectivity index is 0.00000676. The molecule has 0 unspecified atom stereocenters. The van der Waals surface area contributed by atoms with Gasteiger partial charge in [-0.25, -0.2) is 0 Å². The Bertz CT molecular complexity index is 621. The Kier molecular flexibility index (Phi) is 12.9. The second kappa shape index (κ2) is 14.0. The van der Waals surface area contributed by atoms with Crippen LogP contribution in [0, 0.1) is 0 Å². The van der Waals surface area contributed by atoms with Gasteiger partial charge in [0.25, 0.3) is 0 Å². The van der Waals surface area contributed by atoms with Gasteiger partial charge in [-0.15, -0.1) is 0 Å². The van der Waals surface area contributed by atoms with Gasteiger partial charge in [-0.3, -0.25) is 4.99 Å². The molecular weight excluding hydrogens is 328 g/mol. The Morgan fingerprint density at radius 3 is 2.11 bits per heavy atom. The zero-order chi connectivity index (χ0) is 19.4. The molecule has 0 aromatic heterocycles. The molecule has 0 saturated carbocycles. The lowest BCUT2D eigenvalue weighted by atomic mass is 9.96. The van der Waals surface area contributed by atoms with Crippen molar-refractivity contribution >= 4 is 5.71 Å². The molecule has 0 radical (unpaired) electrons. The smallest absolute Gasteiger partial charge is 0.0678 e. The van der Waals surface area contributed by atoms with Gasteiger partial charge in [0.05, 0.1) is 5.71 Å². The maximum Gasteiger partial charge on any atom is 0.0678 e. The highest BCUT2D eigenvalue weighted by Crippen LogP contribution is 2.22. The van der Waals surface area contributed by atoms with Crippen molar-refractivity contribution in [3.63, 3.8) is 0 Å². The fraction of sp³-hybridized carbons (Fsp3) is 0.480. The maximum absolute atomic E-state index is 4.60. The molecule has 0 aromatic carbocycles. The molecule has 0 atom stereocenters. The van der Waals surface area contributed by atoms with Gasteiger partial charge >= 0.3 is 0 Å². The highest BCUT2D eigenvalue weighted by atomic mass is 15.1. The first-order valence-corrected chi connectivity index (χ1v) is 9.89. The van der Waals surface area contributed by atoms with Crippen LogP contribution in [0.4, 0.5) is 0 Å². The maximum atomic E-state index is 4.60. The Morgan fingerprint density at radius 2 is 1.59 bits per heavy atom. The van der Waals surface area contributed by atoms with Crippen molar-refractivity contribution in [1.29, 1.82) is 0 Å². The van der Waals surface area contributed by atoms with E-state index in [0.29, 0.717) is 0 Å². The van der Waals surface area contributed by atoms with Crippen LogP contribution in [0.3, 0.4) is 0 Å². The van der Waals surface area contributed by atoms with E-state index in [1.54, 1.807) is 12.3 Å². The zero-order valence-corrected chi connectivity index (χ0v) is 17.2. The summed E-state index contributed by atoms with van der Waals surface area (Å²) in [4.78, 5) is 7.10. The highest BCUT2D eigenvalue weighted by molar-refractivity contribution is 6.09. The predicted octanol–water partition coefficient (Wildman–Crippen LogP) is 7.40. The van der Waals surface area contributed by atoms with Gasteiger partial charge in [0.15, 0.2) is 0 Å². The van der Waals surface area contributed by atoms with Gasteiger partial charge in [0, 0.05) is 25.0 Å². The average Bonchev–Trinajstić information content (AvgIpc) is 2.68.